The molecule has 0 bridgehead atoms. The number of likely N-dealkylation sites (tertiary alicyclic amines) is 1. The minimum Gasteiger partial charge on any atom is -0.324 e. The quantitative estimate of drug-likeness (QED) is 0.896. The minimum absolute atomic E-state index is 0.0354. The molecule has 0 radical (unpaired) electrons. The van der Waals surface area contributed by atoms with Crippen LogP contribution in [0.3, 0.4) is 0 Å². The van der Waals surface area contributed by atoms with Crippen LogP contribution >= 0.6 is 23.2 Å². The number of hydrogen-bond donors (Lipinski definition) is 2. The molecule has 1 aromatic carbocycles. The van der Waals surface area contributed by atoms with Crippen molar-refractivity contribution in [3.05, 3.63) is 28.2 Å². The minimum atomic E-state index is -0.0354. The monoisotopic (exact) mass is 327 g/mol. The number of anilines is 1. The van der Waals surface area contributed by atoms with Crippen molar-refractivity contribution in [2.45, 2.75) is 18.9 Å². The first kappa shape index (κ1) is 15.1. The zero-order valence-electron chi connectivity index (χ0n) is 11.7. The van der Waals surface area contributed by atoms with Crippen LogP contribution in [-0.2, 0) is 4.79 Å². The van der Waals surface area contributed by atoms with Gasteiger partial charge in [0.2, 0.25) is 5.91 Å². The number of amides is 1. The molecule has 2 aliphatic heterocycles. The van der Waals surface area contributed by atoms with Gasteiger partial charge in [0.05, 0.1) is 22.3 Å². The van der Waals surface area contributed by atoms with E-state index in [1.807, 2.05) is 0 Å². The SMILES string of the molecule is O=C(CN1CCCC2CNCC21)Nc1cccc(Cl)c1Cl. The van der Waals surface area contributed by atoms with Gasteiger partial charge in [-0.3, -0.25) is 9.69 Å². The van der Waals surface area contributed by atoms with Gasteiger partial charge in [0, 0.05) is 12.6 Å². The van der Waals surface area contributed by atoms with Crippen molar-refractivity contribution in [2.75, 3.05) is 31.5 Å². The Balaban J connectivity index is 1.62. The summed E-state index contributed by atoms with van der Waals surface area (Å²) in [5.74, 6) is 0.646. The summed E-state index contributed by atoms with van der Waals surface area (Å²) in [6.45, 7) is 3.45. The second-order valence-electron chi connectivity index (χ2n) is 5.75. The Bertz CT molecular complexity index is 538. The van der Waals surface area contributed by atoms with Crippen molar-refractivity contribution >= 4 is 34.8 Å². The fourth-order valence-electron chi connectivity index (χ4n) is 3.33. The van der Waals surface area contributed by atoms with Gasteiger partial charge < -0.3 is 10.6 Å². The summed E-state index contributed by atoms with van der Waals surface area (Å²) in [5.41, 5.74) is 0.576. The van der Waals surface area contributed by atoms with Crippen molar-refractivity contribution in [2.24, 2.45) is 5.92 Å². The summed E-state index contributed by atoms with van der Waals surface area (Å²) in [6, 6.07) is 5.74. The van der Waals surface area contributed by atoms with Gasteiger partial charge in [-0.25, -0.2) is 0 Å². The highest BCUT2D eigenvalue weighted by Crippen LogP contribution is 2.30. The largest absolute Gasteiger partial charge is 0.324 e. The average Bonchev–Trinajstić information content (AvgIpc) is 2.93. The lowest BCUT2D eigenvalue weighted by atomic mass is 9.92. The van der Waals surface area contributed by atoms with Gasteiger partial charge in [0.15, 0.2) is 0 Å². The van der Waals surface area contributed by atoms with Gasteiger partial charge >= 0.3 is 0 Å². The summed E-state index contributed by atoms with van der Waals surface area (Å²) in [5, 5.41) is 7.13. The number of nitrogens with one attached hydrogen (secondary N) is 2. The molecule has 2 aliphatic rings. The second-order valence-corrected chi connectivity index (χ2v) is 6.53. The number of fused-ring (bicyclic) bond motifs is 1. The van der Waals surface area contributed by atoms with Crippen LogP contribution in [0.15, 0.2) is 18.2 Å². The Morgan fingerprint density at radius 3 is 3.10 bits per heavy atom. The Labute approximate surface area is 134 Å². The highest BCUT2D eigenvalue weighted by molar-refractivity contribution is 6.43. The first-order chi connectivity index (χ1) is 10.1. The normalized spacial score (nSPS) is 25.6. The summed E-state index contributed by atoms with van der Waals surface area (Å²) in [6.07, 6.45) is 2.42. The molecule has 2 heterocycles. The lowest BCUT2D eigenvalue weighted by molar-refractivity contribution is -0.118. The van der Waals surface area contributed by atoms with Gasteiger partial charge in [-0.1, -0.05) is 29.3 Å². The van der Waals surface area contributed by atoms with Crippen LogP contribution in [0.5, 0.6) is 0 Å². The zero-order valence-corrected chi connectivity index (χ0v) is 13.3. The van der Waals surface area contributed by atoms with Crippen molar-refractivity contribution in [3.63, 3.8) is 0 Å². The molecule has 2 fully saturated rings. The molecule has 0 aromatic heterocycles. The van der Waals surface area contributed by atoms with E-state index < -0.39 is 0 Å². The molecule has 2 N–H and O–H groups in total. The van der Waals surface area contributed by atoms with E-state index in [0.717, 1.165) is 26.1 Å². The number of hydrogen-bond acceptors (Lipinski definition) is 3. The number of benzene rings is 1. The third-order valence-electron chi connectivity index (χ3n) is 4.37. The van der Waals surface area contributed by atoms with Gasteiger partial charge in [-0.15, -0.1) is 0 Å². The fraction of sp³-hybridized carbons (Fsp3) is 0.533. The number of nitrogens with zero attached hydrogens (tertiary/aromatic N) is 1. The Morgan fingerprint density at radius 1 is 1.38 bits per heavy atom. The lowest BCUT2D eigenvalue weighted by Gasteiger charge is -2.36. The van der Waals surface area contributed by atoms with Gasteiger partial charge in [-0.2, -0.15) is 0 Å². The molecule has 6 heteroatoms. The molecular weight excluding hydrogens is 309 g/mol. The predicted molar refractivity (Wildman–Crippen MR) is 86.0 cm³/mol. The first-order valence-electron chi connectivity index (χ1n) is 7.34. The molecular formula is C15H19Cl2N3O. The summed E-state index contributed by atoms with van der Waals surface area (Å²) >= 11 is 12.1. The van der Waals surface area contributed by atoms with Crippen LogP contribution in [-0.4, -0.2) is 43.0 Å². The van der Waals surface area contributed by atoms with Gasteiger partial charge in [0.1, 0.15) is 0 Å². The number of carbonyl (C=O) groups is 1. The number of carbonyl (C=O) groups excluding carboxylic acids is 1. The molecule has 21 heavy (non-hydrogen) atoms. The number of rotatable bonds is 3. The van der Waals surface area contributed by atoms with Crippen LogP contribution in [0.1, 0.15) is 12.8 Å². The molecule has 0 aliphatic carbocycles. The van der Waals surface area contributed by atoms with E-state index in [0.29, 0.717) is 34.2 Å². The predicted octanol–water partition coefficient (Wildman–Crippen LogP) is 2.62. The third kappa shape index (κ3) is 3.34. The smallest absolute Gasteiger partial charge is 0.238 e. The molecule has 114 valence electrons. The van der Waals surface area contributed by atoms with Crippen molar-refractivity contribution in [1.82, 2.24) is 10.2 Å². The van der Waals surface area contributed by atoms with Gasteiger partial charge in [0.25, 0.3) is 0 Å². The average molecular weight is 328 g/mol. The van der Waals surface area contributed by atoms with E-state index in [-0.39, 0.29) is 5.91 Å². The van der Waals surface area contributed by atoms with E-state index in [2.05, 4.69) is 15.5 Å². The van der Waals surface area contributed by atoms with E-state index in [1.54, 1.807) is 18.2 Å². The maximum absolute atomic E-state index is 12.3. The Morgan fingerprint density at radius 2 is 2.24 bits per heavy atom. The van der Waals surface area contributed by atoms with E-state index in [4.69, 9.17) is 23.2 Å². The molecule has 1 aromatic rings. The third-order valence-corrected chi connectivity index (χ3v) is 5.18. The second kappa shape index (κ2) is 6.53. The summed E-state index contributed by atoms with van der Waals surface area (Å²) < 4.78 is 0. The molecule has 3 rings (SSSR count). The van der Waals surface area contributed by atoms with Crippen LogP contribution in [0, 0.1) is 5.92 Å². The standard InChI is InChI=1S/C15H19Cl2N3O/c16-11-4-1-5-12(15(11)17)19-14(21)9-20-6-2-3-10-7-18-8-13(10)20/h1,4-5,10,13,18H,2-3,6-9H2,(H,19,21). The van der Waals surface area contributed by atoms with E-state index >= 15 is 0 Å². The maximum Gasteiger partial charge on any atom is 0.238 e. The molecule has 0 saturated carbocycles. The summed E-state index contributed by atoms with van der Waals surface area (Å²) in [4.78, 5) is 14.5. The molecule has 2 unspecified atom stereocenters. The topological polar surface area (TPSA) is 44.4 Å². The van der Waals surface area contributed by atoms with Crippen molar-refractivity contribution in [1.29, 1.82) is 0 Å². The molecule has 1 amide bonds. The molecule has 4 nitrogen and oxygen atoms in total. The fourth-order valence-corrected chi connectivity index (χ4v) is 3.68. The zero-order chi connectivity index (χ0) is 14.8. The summed E-state index contributed by atoms with van der Waals surface area (Å²) in [7, 11) is 0. The molecule has 2 atom stereocenters. The number of piperidine rings is 1. The van der Waals surface area contributed by atoms with Crippen molar-refractivity contribution < 1.29 is 4.79 Å². The lowest BCUT2D eigenvalue weighted by Crippen LogP contribution is -2.48. The van der Waals surface area contributed by atoms with E-state index in [1.165, 1.54) is 6.42 Å². The number of halogens is 2. The van der Waals surface area contributed by atoms with E-state index in [9.17, 15) is 4.79 Å². The van der Waals surface area contributed by atoms with Crippen LogP contribution < -0.4 is 10.6 Å². The van der Waals surface area contributed by atoms with Crippen molar-refractivity contribution in [3.8, 4) is 0 Å². The van der Waals surface area contributed by atoms with Crippen LogP contribution in [0.4, 0.5) is 5.69 Å². The molecule has 2 saturated heterocycles. The van der Waals surface area contributed by atoms with Gasteiger partial charge in [-0.05, 0) is 44.0 Å². The first-order valence-corrected chi connectivity index (χ1v) is 8.09. The molecule has 0 spiro atoms. The maximum atomic E-state index is 12.3. The Kier molecular flexibility index (Phi) is 4.69. The highest BCUT2D eigenvalue weighted by atomic mass is 35.5. The Hall–Kier alpha value is -0.810. The van der Waals surface area contributed by atoms with Crippen LogP contribution in [0.25, 0.3) is 0 Å². The highest BCUT2D eigenvalue weighted by Gasteiger charge is 2.35. The van der Waals surface area contributed by atoms with Crippen LogP contribution in [0.2, 0.25) is 10.0 Å².